The Kier molecular flexibility index (Phi) is 5.78. The Morgan fingerprint density at radius 3 is 2.39 bits per heavy atom. The Bertz CT molecular complexity index is 930. The number of benzene rings is 1. The summed E-state index contributed by atoms with van der Waals surface area (Å²) in [7, 11) is 4.62. The van der Waals surface area contributed by atoms with Crippen LogP contribution in [0.4, 0.5) is 0 Å². The molecule has 0 bridgehead atoms. The van der Waals surface area contributed by atoms with Crippen molar-refractivity contribution in [2.45, 2.75) is 13.0 Å². The maximum atomic E-state index is 12.6. The Morgan fingerprint density at radius 2 is 1.82 bits per heavy atom. The van der Waals surface area contributed by atoms with E-state index in [-0.39, 0.29) is 17.6 Å². The van der Waals surface area contributed by atoms with Crippen molar-refractivity contribution >= 4 is 5.91 Å². The first-order valence-electron chi connectivity index (χ1n) is 8.55. The number of amides is 1. The monoisotopic (exact) mass is 383 g/mol. The largest absolute Gasteiger partial charge is 0.493 e. The molecule has 28 heavy (non-hydrogen) atoms. The van der Waals surface area contributed by atoms with Crippen molar-refractivity contribution < 1.29 is 23.5 Å². The first-order valence-corrected chi connectivity index (χ1v) is 8.55. The topological polar surface area (TPSA) is 95.7 Å². The van der Waals surface area contributed by atoms with Gasteiger partial charge in [-0.15, -0.1) is 0 Å². The standard InChI is InChI=1S/C20H21N3O5/c1-12(14-8-17(25-2)19(27-4)18(9-14)26-3)22-20(24)15-10-16(28-23-15)13-6-5-7-21-11-13/h5-12H,1-4H3,(H,22,24). The van der Waals surface area contributed by atoms with E-state index in [0.717, 1.165) is 11.1 Å². The van der Waals surface area contributed by atoms with E-state index in [0.29, 0.717) is 23.0 Å². The van der Waals surface area contributed by atoms with Crippen molar-refractivity contribution in [2.75, 3.05) is 21.3 Å². The molecule has 0 aliphatic heterocycles. The van der Waals surface area contributed by atoms with Crippen molar-refractivity contribution in [2.24, 2.45) is 0 Å². The van der Waals surface area contributed by atoms with Crippen LogP contribution in [0, 0.1) is 0 Å². The van der Waals surface area contributed by atoms with Crippen LogP contribution in [0.2, 0.25) is 0 Å². The van der Waals surface area contributed by atoms with E-state index in [4.69, 9.17) is 18.7 Å². The van der Waals surface area contributed by atoms with E-state index < -0.39 is 0 Å². The van der Waals surface area contributed by atoms with E-state index in [1.54, 1.807) is 50.9 Å². The number of ether oxygens (including phenoxy) is 3. The van der Waals surface area contributed by atoms with Crippen molar-refractivity contribution in [3.05, 3.63) is 54.0 Å². The second-order valence-electron chi connectivity index (χ2n) is 5.97. The number of hydrogen-bond acceptors (Lipinski definition) is 7. The molecule has 8 heteroatoms. The van der Waals surface area contributed by atoms with Crippen LogP contribution in [0.5, 0.6) is 17.2 Å². The van der Waals surface area contributed by atoms with E-state index in [9.17, 15) is 4.79 Å². The predicted molar refractivity (Wildman–Crippen MR) is 102 cm³/mol. The number of nitrogens with one attached hydrogen (secondary N) is 1. The molecule has 146 valence electrons. The second kappa shape index (κ2) is 8.43. The summed E-state index contributed by atoms with van der Waals surface area (Å²) in [5, 5.41) is 6.74. The van der Waals surface area contributed by atoms with E-state index in [2.05, 4.69) is 15.5 Å². The Hall–Kier alpha value is -3.55. The van der Waals surface area contributed by atoms with Gasteiger partial charge in [0.25, 0.3) is 5.91 Å². The van der Waals surface area contributed by atoms with Crippen LogP contribution >= 0.6 is 0 Å². The van der Waals surface area contributed by atoms with Gasteiger partial charge in [0.15, 0.2) is 23.0 Å². The first-order chi connectivity index (χ1) is 13.6. The minimum absolute atomic E-state index is 0.179. The molecular weight excluding hydrogens is 362 g/mol. The Labute approximate surface area is 162 Å². The maximum Gasteiger partial charge on any atom is 0.273 e. The average Bonchev–Trinajstić information content (AvgIpc) is 3.23. The lowest BCUT2D eigenvalue weighted by atomic mass is 10.1. The van der Waals surface area contributed by atoms with Crippen molar-refractivity contribution in [3.8, 4) is 28.6 Å². The number of methoxy groups -OCH3 is 3. The molecule has 0 saturated carbocycles. The first kappa shape index (κ1) is 19.2. The van der Waals surface area contributed by atoms with Gasteiger partial charge in [-0.2, -0.15) is 0 Å². The molecule has 0 aliphatic rings. The highest BCUT2D eigenvalue weighted by molar-refractivity contribution is 5.93. The second-order valence-corrected chi connectivity index (χ2v) is 5.97. The molecule has 0 saturated heterocycles. The molecule has 2 aromatic heterocycles. The Balaban J connectivity index is 1.79. The van der Waals surface area contributed by atoms with Crippen LogP contribution in [0.3, 0.4) is 0 Å². The number of hydrogen-bond donors (Lipinski definition) is 1. The van der Waals surface area contributed by atoms with Gasteiger partial charge >= 0.3 is 0 Å². The highest BCUT2D eigenvalue weighted by Gasteiger charge is 2.20. The molecule has 1 amide bonds. The summed E-state index contributed by atoms with van der Waals surface area (Å²) in [5.74, 6) is 1.63. The fourth-order valence-electron chi connectivity index (χ4n) is 2.73. The third-order valence-electron chi connectivity index (χ3n) is 4.22. The number of nitrogens with zero attached hydrogens (tertiary/aromatic N) is 2. The molecule has 0 radical (unpaired) electrons. The molecule has 3 rings (SSSR count). The summed E-state index contributed by atoms with van der Waals surface area (Å²) in [6.45, 7) is 1.85. The molecule has 1 N–H and O–H groups in total. The normalized spacial score (nSPS) is 11.6. The van der Waals surface area contributed by atoms with Crippen molar-refractivity contribution in [1.29, 1.82) is 0 Å². The summed E-state index contributed by atoms with van der Waals surface area (Å²) in [4.78, 5) is 16.6. The molecule has 0 aliphatic carbocycles. The molecule has 2 heterocycles. The Morgan fingerprint density at radius 1 is 1.11 bits per heavy atom. The molecule has 1 atom stereocenters. The van der Waals surface area contributed by atoms with Gasteiger partial charge in [-0.3, -0.25) is 9.78 Å². The van der Waals surface area contributed by atoms with Gasteiger partial charge in [-0.25, -0.2) is 0 Å². The average molecular weight is 383 g/mol. The lowest BCUT2D eigenvalue weighted by Crippen LogP contribution is -2.27. The van der Waals surface area contributed by atoms with Gasteiger partial charge in [-0.1, -0.05) is 5.16 Å². The fourth-order valence-corrected chi connectivity index (χ4v) is 2.73. The number of carbonyl (C=O) groups excluding carboxylic acids is 1. The van der Waals surface area contributed by atoms with E-state index >= 15 is 0 Å². The minimum atomic E-state index is -0.361. The van der Waals surface area contributed by atoms with Gasteiger partial charge < -0.3 is 24.1 Å². The summed E-state index contributed by atoms with van der Waals surface area (Å²) in [6.07, 6.45) is 3.30. The highest BCUT2D eigenvalue weighted by atomic mass is 16.5. The third-order valence-corrected chi connectivity index (χ3v) is 4.22. The SMILES string of the molecule is COc1cc(C(C)NC(=O)c2cc(-c3cccnc3)on2)cc(OC)c1OC. The van der Waals surface area contributed by atoms with Gasteiger partial charge in [0, 0.05) is 24.0 Å². The van der Waals surface area contributed by atoms with E-state index in [1.165, 1.54) is 7.11 Å². The van der Waals surface area contributed by atoms with Crippen LogP contribution in [0.1, 0.15) is 29.0 Å². The van der Waals surface area contributed by atoms with Gasteiger partial charge in [-0.05, 0) is 36.8 Å². The van der Waals surface area contributed by atoms with Gasteiger partial charge in [0.05, 0.1) is 27.4 Å². The molecule has 1 aromatic carbocycles. The van der Waals surface area contributed by atoms with Crippen LogP contribution < -0.4 is 19.5 Å². The van der Waals surface area contributed by atoms with Gasteiger partial charge in [0.1, 0.15) is 0 Å². The zero-order valence-electron chi connectivity index (χ0n) is 16.1. The molecule has 1 unspecified atom stereocenters. The summed E-state index contributed by atoms with van der Waals surface area (Å²) in [5.41, 5.74) is 1.71. The van der Waals surface area contributed by atoms with E-state index in [1.807, 2.05) is 13.0 Å². The molecule has 8 nitrogen and oxygen atoms in total. The lowest BCUT2D eigenvalue weighted by molar-refractivity contribution is 0.0930. The summed E-state index contributed by atoms with van der Waals surface area (Å²) in [6, 6.07) is 8.43. The molecular formula is C20H21N3O5. The van der Waals surface area contributed by atoms with Crippen LogP contribution in [-0.2, 0) is 0 Å². The zero-order chi connectivity index (χ0) is 20.1. The van der Waals surface area contributed by atoms with Gasteiger partial charge in [0.2, 0.25) is 5.75 Å². The quantitative estimate of drug-likeness (QED) is 0.669. The molecule has 0 fully saturated rings. The van der Waals surface area contributed by atoms with Crippen LogP contribution in [-0.4, -0.2) is 37.4 Å². The zero-order valence-corrected chi connectivity index (χ0v) is 16.1. The number of pyridine rings is 1. The number of aromatic nitrogens is 2. The molecule has 0 spiro atoms. The smallest absolute Gasteiger partial charge is 0.273 e. The van der Waals surface area contributed by atoms with Crippen molar-refractivity contribution in [1.82, 2.24) is 15.5 Å². The summed E-state index contributed by atoms with van der Waals surface area (Å²) >= 11 is 0. The number of carbonyl (C=O) groups is 1. The highest BCUT2D eigenvalue weighted by Crippen LogP contribution is 2.39. The summed E-state index contributed by atoms with van der Waals surface area (Å²) < 4.78 is 21.3. The maximum absolute atomic E-state index is 12.6. The van der Waals surface area contributed by atoms with Crippen LogP contribution in [0.15, 0.2) is 47.2 Å². The lowest BCUT2D eigenvalue weighted by Gasteiger charge is -2.18. The predicted octanol–water partition coefficient (Wildman–Crippen LogP) is 3.25. The third kappa shape index (κ3) is 3.90. The minimum Gasteiger partial charge on any atom is -0.493 e. The molecule has 3 aromatic rings. The van der Waals surface area contributed by atoms with Crippen LogP contribution in [0.25, 0.3) is 11.3 Å². The van der Waals surface area contributed by atoms with Crippen molar-refractivity contribution in [3.63, 3.8) is 0 Å². The fraction of sp³-hybridized carbons (Fsp3) is 0.250. The number of rotatable bonds is 7.